The van der Waals surface area contributed by atoms with Gasteiger partial charge in [-0.15, -0.1) is 0 Å². The van der Waals surface area contributed by atoms with Crippen LogP contribution < -0.4 is 5.32 Å². The van der Waals surface area contributed by atoms with Crippen LogP contribution >= 0.6 is 0 Å². The number of ether oxygens (including phenoxy) is 1. The highest BCUT2D eigenvalue weighted by Crippen LogP contribution is 2.22. The third kappa shape index (κ3) is 3.11. The summed E-state index contributed by atoms with van der Waals surface area (Å²) in [4.78, 5) is 16.3. The third-order valence-corrected chi connectivity index (χ3v) is 3.51. The number of carbonyl (C=O) groups excluding carboxylic acids is 1. The van der Waals surface area contributed by atoms with Crippen LogP contribution in [0.3, 0.4) is 0 Å². The zero-order valence-corrected chi connectivity index (χ0v) is 12.1. The lowest BCUT2D eigenvalue weighted by Gasteiger charge is -2.12. The average Bonchev–Trinajstić information content (AvgIpc) is 3.08. The molecule has 1 aliphatic rings. The number of carbonyl (C=O) groups is 1. The van der Waals surface area contributed by atoms with E-state index in [0.717, 1.165) is 24.1 Å². The van der Waals surface area contributed by atoms with Gasteiger partial charge in [0.15, 0.2) is 5.82 Å². The van der Waals surface area contributed by atoms with Crippen LogP contribution in [0, 0.1) is 0 Å². The quantitative estimate of drug-likeness (QED) is 0.937. The van der Waals surface area contributed by atoms with E-state index in [1.165, 1.54) is 0 Å². The highest BCUT2D eigenvalue weighted by atomic mass is 16.5. The summed E-state index contributed by atoms with van der Waals surface area (Å²) in [5, 5.41) is 7.15. The van der Waals surface area contributed by atoms with Gasteiger partial charge in [0.2, 0.25) is 0 Å². The molecule has 0 saturated carbocycles. The summed E-state index contributed by atoms with van der Waals surface area (Å²) in [7, 11) is 1.82. The first-order valence-electron chi connectivity index (χ1n) is 7.04. The van der Waals surface area contributed by atoms with Gasteiger partial charge in [0.1, 0.15) is 12.4 Å². The van der Waals surface area contributed by atoms with E-state index >= 15 is 0 Å². The van der Waals surface area contributed by atoms with Crippen molar-refractivity contribution in [3.8, 4) is 11.4 Å². The molecule has 2 heterocycles. The molecule has 0 radical (unpaired) electrons. The van der Waals surface area contributed by atoms with Crippen molar-refractivity contribution < 1.29 is 9.53 Å². The average molecular weight is 286 g/mol. The van der Waals surface area contributed by atoms with Gasteiger partial charge < -0.3 is 10.1 Å². The van der Waals surface area contributed by atoms with E-state index in [-0.39, 0.29) is 18.1 Å². The molecule has 0 spiro atoms. The zero-order valence-electron chi connectivity index (χ0n) is 12.1. The van der Waals surface area contributed by atoms with E-state index in [1.807, 2.05) is 38.2 Å². The van der Waals surface area contributed by atoms with Gasteiger partial charge in [0.05, 0.1) is 6.10 Å². The van der Waals surface area contributed by atoms with Crippen LogP contribution in [0.25, 0.3) is 11.4 Å². The van der Waals surface area contributed by atoms with Gasteiger partial charge >= 0.3 is 0 Å². The van der Waals surface area contributed by atoms with Crippen LogP contribution in [0.5, 0.6) is 0 Å². The van der Waals surface area contributed by atoms with Crippen molar-refractivity contribution >= 4 is 11.6 Å². The SMILES string of the molecule is C[C@H]1CC[C@H](C(=O)Nc2cccc(-c3ncn(C)n3)c2)O1. The molecule has 6 heteroatoms. The zero-order chi connectivity index (χ0) is 14.8. The van der Waals surface area contributed by atoms with Crippen molar-refractivity contribution in [2.45, 2.75) is 32.0 Å². The highest BCUT2D eigenvalue weighted by Gasteiger charge is 2.28. The minimum absolute atomic E-state index is 0.0921. The van der Waals surface area contributed by atoms with Crippen molar-refractivity contribution in [1.82, 2.24) is 14.8 Å². The van der Waals surface area contributed by atoms with E-state index in [2.05, 4.69) is 15.4 Å². The van der Waals surface area contributed by atoms with Crippen molar-refractivity contribution in [1.29, 1.82) is 0 Å². The van der Waals surface area contributed by atoms with Crippen LogP contribution in [-0.4, -0.2) is 32.9 Å². The van der Waals surface area contributed by atoms with Crippen LogP contribution in [0.15, 0.2) is 30.6 Å². The Kier molecular flexibility index (Phi) is 3.70. The Balaban J connectivity index is 1.73. The predicted molar refractivity (Wildman–Crippen MR) is 78.6 cm³/mol. The maximum atomic E-state index is 12.1. The van der Waals surface area contributed by atoms with Crippen LogP contribution in [0.1, 0.15) is 19.8 Å². The summed E-state index contributed by atoms with van der Waals surface area (Å²) >= 11 is 0. The van der Waals surface area contributed by atoms with E-state index in [0.29, 0.717) is 5.82 Å². The number of aryl methyl sites for hydroxylation is 1. The number of nitrogens with one attached hydrogen (secondary N) is 1. The topological polar surface area (TPSA) is 69.0 Å². The van der Waals surface area contributed by atoms with Gasteiger partial charge in [-0.3, -0.25) is 9.48 Å². The lowest BCUT2D eigenvalue weighted by molar-refractivity contribution is -0.126. The molecule has 1 aromatic carbocycles. The molecule has 21 heavy (non-hydrogen) atoms. The fraction of sp³-hybridized carbons (Fsp3) is 0.400. The summed E-state index contributed by atoms with van der Waals surface area (Å²) in [6.45, 7) is 1.99. The van der Waals surface area contributed by atoms with E-state index in [9.17, 15) is 4.79 Å². The lowest BCUT2D eigenvalue weighted by Crippen LogP contribution is -2.27. The highest BCUT2D eigenvalue weighted by molar-refractivity contribution is 5.94. The minimum Gasteiger partial charge on any atom is -0.365 e. The summed E-state index contributed by atoms with van der Waals surface area (Å²) in [6.07, 6.45) is 3.15. The number of hydrogen-bond acceptors (Lipinski definition) is 4. The Morgan fingerprint density at radius 1 is 1.43 bits per heavy atom. The Bertz CT molecular complexity index is 653. The second kappa shape index (κ2) is 5.65. The molecular weight excluding hydrogens is 268 g/mol. The van der Waals surface area contributed by atoms with Crippen LogP contribution in [-0.2, 0) is 16.6 Å². The summed E-state index contributed by atoms with van der Waals surface area (Å²) in [6, 6.07) is 7.51. The maximum Gasteiger partial charge on any atom is 0.253 e. The van der Waals surface area contributed by atoms with Crippen LogP contribution in [0.2, 0.25) is 0 Å². The largest absolute Gasteiger partial charge is 0.365 e. The summed E-state index contributed by atoms with van der Waals surface area (Å²) in [5.74, 6) is 0.546. The van der Waals surface area contributed by atoms with Crippen molar-refractivity contribution in [3.63, 3.8) is 0 Å². The van der Waals surface area contributed by atoms with E-state index < -0.39 is 0 Å². The number of amides is 1. The Morgan fingerprint density at radius 2 is 2.29 bits per heavy atom. The lowest BCUT2D eigenvalue weighted by atomic mass is 10.1. The molecule has 0 unspecified atom stereocenters. The van der Waals surface area contributed by atoms with E-state index in [1.54, 1.807) is 11.0 Å². The molecule has 0 aliphatic carbocycles. The molecule has 1 N–H and O–H groups in total. The molecule has 2 aromatic rings. The molecule has 0 bridgehead atoms. The molecule has 110 valence electrons. The standard InChI is InChI=1S/C15H18N4O2/c1-10-6-7-13(21-10)15(20)17-12-5-3-4-11(8-12)14-16-9-19(2)18-14/h3-5,8-10,13H,6-7H2,1-2H3,(H,17,20)/t10-,13+/m0/s1. The summed E-state index contributed by atoms with van der Waals surface area (Å²) < 4.78 is 7.22. The molecule has 6 nitrogen and oxygen atoms in total. The maximum absolute atomic E-state index is 12.1. The fourth-order valence-electron chi connectivity index (χ4n) is 2.43. The van der Waals surface area contributed by atoms with Crippen molar-refractivity contribution in [2.24, 2.45) is 7.05 Å². The molecule has 1 aliphatic heterocycles. The molecule has 2 atom stereocenters. The minimum atomic E-state index is -0.350. The molecular formula is C15H18N4O2. The molecule has 1 aromatic heterocycles. The number of rotatable bonds is 3. The third-order valence-electron chi connectivity index (χ3n) is 3.51. The van der Waals surface area contributed by atoms with Gasteiger partial charge in [0.25, 0.3) is 5.91 Å². The predicted octanol–water partition coefficient (Wildman–Crippen LogP) is 1.99. The number of nitrogens with zero attached hydrogens (tertiary/aromatic N) is 3. The Hall–Kier alpha value is -2.21. The number of benzene rings is 1. The number of aromatic nitrogens is 3. The van der Waals surface area contributed by atoms with Crippen LogP contribution in [0.4, 0.5) is 5.69 Å². The number of anilines is 1. The first-order valence-corrected chi connectivity index (χ1v) is 7.04. The van der Waals surface area contributed by atoms with Gasteiger partial charge in [0, 0.05) is 18.3 Å². The second-order valence-corrected chi connectivity index (χ2v) is 5.32. The normalized spacial score (nSPS) is 21.4. The second-order valence-electron chi connectivity index (χ2n) is 5.32. The fourth-order valence-corrected chi connectivity index (χ4v) is 2.43. The molecule has 1 saturated heterocycles. The molecule has 1 fully saturated rings. The van der Waals surface area contributed by atoms with E-state index in [4.69, 9.17) is 4.74 Å². The Morgan fingerprint density at radius 3 is 2.95 bits per heavy atom. The van der Waals surface area contributed by atoms with Gasteiger partial charge in [-0.25, -0.2) is 4.98 Å². The number of hydrogen-bond donors (Lipinski definition) is 1. The van der Waals surface area contributed by atoms with Crippen molar-refractivity contribution in [3.05, 3.63) is 30.6 Å². The molecule has 1 amide bonds. The van der Waals surface area contributed by atoms with Gasteiger partial charge in [-0.05, 0) is 31.9 Å². The smallest absolute Gasteiger partial charge is 0.253 e. The van der Waals surface area contributed by atoms with Gasteiger partial charge in [-0.2, -0.15) is 5.10 Å². The van der Waals surface area contributed by atoms with Crippen molar-refractivity contribution in [2.75, 3.05) is 5.32 Å². The summed E-state index contributed by atoms with van der Waals surface area (Å²) in [5.41, 5.74) is 1.60. The van der Waals surface area contributed by atoms with Gasteiger partial charge in [-0.1, -0.05) is 12.1 Å². The first kappa shape index (κ1) is 13.8. The monoisotopic (exact) mass is 286 g/mol. The first-order chi connectivity index (χ1) is 10.1. The Labute approximate surface area is 123 Å². The molecule has 3 rings (SSSR count).